The highest BCUT2D eigenvalue weighted by Crippen LogP contribution is 2.59. The van der Waals surface area contributed by atoms with E-state index in [0.717, 1.165) is 0 Å². The summed E-state index contributed by atoms with van der Waals surface area (Å²) >= 11 is 0. The topological polar surface area (TPSA) is 9.23 Å². The third-order valence-corrected chi connectivity index (χ3v) is 4.39. The first-order valence-electron chi connectivity index (χ1n) is 7.03. The molecule has 1 heteroatoms. The Hall–Kier alpha value is -0.300. The monoisotopic (exact) mass is 238 g/mol. The van der Waals surface area contributed by atoms with Crippen LogP contribution in [0, 0.1) is 10.8 Å². The van der Waals surface area contributed by atoms with E-state index < -0.39 is 0 Å². The van der Waals surface area contributed by atoms with Crippen molar-refractivity contribution in [2.24, 2.45) is 10.8 Å². The van der Waals surface area contributed by atoms with Crippen molar-refractivity contribution in [2.45, 2.75) is 79.4 Å². The number of hydrogen-bond acceptors (Lipinski definition) is 1. The molecule has 0 aliphatic carbocycles. The van der Waals surface area contributed by atoms with Crippen LogP contribution in [-0.2, 0) is 4.74 Å². The third-order valence-electron chi connectivity index (χ3n) is 4.39. The lowest BCUT2D eigenvalue weighted by Gasteiger charge is -2.40. The zero-order valence-corrected chi connectivity index (χ0v) is 13.0. The van der Waals surface area contributed by atoms with Crippen LogP contribution in [0.5, 0.6) is 0 Å². The molecule has 1 fully saturated rings. The Morgan fingerprint density at radius 3 is 1.18 bits per heavy atom. The highest BCUT2D eigenvalue weighted by molar-refractivity contribution is 5.29. The molecule has 100 valence electrons. The lowest BCUT2D eigenvalue weighted by Crippen LogP contribution is -2.43. The van der Waals surface area contributed by atoms with Gasteiger partial charge >= 0.3 is 0 Å². The van der Waals surface area contributed by atoms with Crippen molar-refractivity contribution in [1.29, 1.82) is 0 Å². The summed E-state index contributed by atoms with van der Waals surface area (Å²) in [5, 5.41) is 0. The van der Waals surface area contributed by atoms with E-state index in [9.17, 15) is 0 Å². The van der Waals surface area contributed by atoms with E-state index in [2.05, 4.69) is 53.7 Å². The van der Waals surface area contributed by atoms with Gasteiger partial charge in [-0.1, -0.05) is 67.5 Å². The van der Waals surface area contributed by atoms with Gasteiger partial charge in [-0.3, -0.25) is 0 Å². The molecule has 0 saturated carbocycles. The molecular weight excluding hydrogens is 208 g/mol. The molecule has 1 nitrogen and oxygen atoms in total. The Morgan fingerprint density at radius 1 is 0.765 bits per heavy atom. The number of rotatable bonds is 0. The van der Waals surface area contributed by atoms with Gasteiger partial charge in [-0.15, -0.1) is 0 Å². The van der Waals surface area contributed by atoms with Gasteiger partial charge < -0.3 is 4.74 Å². The van der Waals surface area contributed by atoms with Crippen LogP contribution in [0.3, 0.4) is 0 Å². The second-order valence-electron chi connectivity index (χ2n) is 7.21. The molecule has 2 aliphatic rings. The normalized spacial score (nSPS) is 35.8. The van der Waals surface area contributed by atoms with E-state index in [1.54, 1.807) is 0 Å². The SMILES string of the molecule is CC.CC(C)(C)C12C=CC(C(C)(C)C)(CC1)O2. The van der Waals surface area contributed by atoms with Crippen molar-refractivity contribution >= 4 is 0 Å². The van der Waals surface area contributed by atoms with Crippen molar-refractivity contribution in [3.63, 3.8) is 0 Å². The van der Waals surface area contributed by atoms with Gasteiger partial charge in [0.25, 0.3) is 0 Å². The van der Waals surface area contributed by atoms with Gasteiger partial charge in [0.2, 0.25) is 0 Å². The van der Waals surface area contributed by atoms with E-state index in [1.807, 2.05) is 13.8 Å². The molecule has 0 aromatic carbocycles. The highest BCUT2D eigenvalue weighted by atomic mass is 16.5. The first-order valence-corrected chi connectivity index (χ1v) is 7.03. The summed E-state index contributed by atoms with van der Waals surface area (Å²) in [6.45, 7) is 17.7. The largest absolute Gasteiger partial charge is 0.359 e. The Kier molecular flexibility index (Phi) is 3.58. The van der Waals surface area contributed by atoms with Gasteiger partial charge in [-0.2, -0.15) is 0 Å². The molecule has 0 radical (unpaired) electrons. The number of hydrogen-bond donors (Lipinski definition) is 0. The van der Waals surface area contributed by atoms with E-state index in [1.165, 1.54) is 12.8 Å². The van der Waals surface area contributed by atoms with Crippen molar-refractivity contribution in [1.82, 2.24) is 0 Å². The molecule has 17 heavy (non-hydrogen) atoms. The molecule has 0 spiro atoms. The summed E-state index contributed by atoms with van der Waals surface area (Å²) in [7, 11) is 0. The molecule has 0 aromatic rings. The molecule has 2 rings (SSSR count). The maximum Gasteiger partial charge on any atom is 0.0924 e. The average molecular weight is 238 g/mol. The van der Waals surface area contributed by atoms with Crippen LogP contribution in [0.4, 0.5) is 0 Å². The van der Waals surface area contributed by atoms with E-state index >= 15 is 0 Å². The standard InChI is InChI=1S/C14H24O.C2H6/c1-11(2,3)13-7-9-14(15-13,10-8-13)12(4,5)6;1-2/h7,9H,8,10H2,1-6H3;1-2H3. The van der Waals surface area contributed by atoms with Gasteiger partial charge in [-0.25, -0.2) is 0 Å². The molecule has 2 unspecified atom stereocenters. The van der Waals surface area contributed by atoms with Gasteiger partial charge in [0.1, 0.15) is 0 Å². The zero-order chi connectivity index (χ0) is 13.5. The quantitative estimate of drug-likeness (QED) is 0.542. The van der Waals surface area contributed by atoms with E-state index in [4.69, 9.17) is 4.74 Å². The molecule has 1 saturated heterocycles. The van der Waals surface area contributed by atoms with Crippen LogP contribution in [0.15, 0.2) is 12.2 Å². The summed E-state index contributed by atoms with van der Waals surface area (Å²) in [6.07, 6.45) is 6.98. The second-order valence-corrected chi connectivity index (χ2v) is 7.21. The van der Waals surface area contributed by atoms with Gasteiger partial charge in [0.05, 0.1) is 11.2 Å². The van der Waals surface area contributed by atoms with Crippen LogP contribution in [0.25, 0.3) is 0 Å². The van der Waals surface area contributed by atoms with Crippen LogP contribution in [-0.4, -0.2) is 11.2 Å². The molecule has 0 aromatic heterocycles. The summed E-state index contributed by atoms with van der Waals surface area (Å²) in [6, 6.07) is 0. The van der Waals surface area contributed by atoms with Crippen LogP contribution in [0.2, 0.25) is 0 Å². The Balaban J connectivity index is 0.000000686. The van der Waals surface area contributed by atoms with Crippen LogP contribution in [0.1, 0.15) is 68.2 Å². The summed E-state index contributed by atoms with van der Waals surface area (Å²) in [5.74, 6) is 0. The summed E-state index contributed by atoms with van der Waals surface area (Å²) in [4.78, 5) is 0. The van der Waals surface area contributed by atoms with E-state index in [-0.39, 0.29) is 22.0 Å². The van der Waals surface area contributed by atoms with Crippen molar-refractivity contribution in [2.75, 3.05) is 0 Å². The zero-order valence-electron chi connectivity index (χ0n) is 13.0. The fraction of sp³-hybridized carbons (Fsp3) is 0.875. The summed E-state index contributed by atoms with van der Waals surface area (Å²) < 4.78 is 6.47. The van der Waals surface area contributed by atoms with Gasteiger partial charge in [-0.05, 0) is 23.7 Å². The van der Waals surface area contributed by atoms with Crippen LogP contribution < -0.4 is 0 Å². The smallest absolute Gasteiger partial charge is 0.0924 e. The number of fused-ring (bicyclic) bond motifs is 2. The highest BCUT2D eigenvalue weighted by Gasteiger charge is 2.60. The first kappa shape index (κ1) is 14.8. The molecule has 2 bridgehead atoms. The lowest BCUT2D eigenvalue weighted by atomic mass is 9.68. The molecule has 2 atom stereocenters. The van der Waals surface area contributed by atoms with Gasteiger partial charge in [0.15, 0.2) is 0 Å². The fourth-order valence-electron chi connectivity index (χ4n) is 2.86. The molecule has 0 amide bonds. The van der Waals surface area contributed by atoms with Crippen LogP contribution >= 0.6 is 0 Å². The summed E-state index contributed by atoms with van der Waals surface area (Å²) in [5.41, 5.74) is 0.376. The maximum absolute atomic E-state index is 6.47. The fourth-order valence-corrected chi connectivity index (χ4v) is 2.86. The first-order chi connectivity index (χ1) is 7.62. The number of ether oxygens (including phenoxy) is 1. The maximum atomic E-state index is 6.47. The molecule has 0 N–H and O–H groups in total. The predicted molar refractivity (Wildman–Crippen MR) is 75.2 cm³/mol. The van der Waals surface area contributed by atoms with E-state index in [0.29, 0.717) is 0 Å². The average Bonchev–Trinajstić information content (AvgIpc) is 2.76. The second kappa shape index (κ2) is 4.12. The predicted octanol–water partition coefficient (Wildman–Crippen LogP) is 4.96. The third kappa shape index (κ3) is 2.07. The molecular formula is C16H30O. The minimum Gasteiger partial charge on any atom is -0.359 e. The van der Waals surface area contributed by atoms with Crippen molar-refractivity contribution < 1.29 is 4.74 Å². The molecule has 2 aliphatic heterocycles. The van der Waals surface area contributed by atoms with Gasteiger partial charge in [0, 0.05) is 0 Å². The Bertz CT molecular complexity index is 272. The minimum atomic E-state index is -0.0136. The Morgan fingerprint density at radius 2 is 1.06 bits per heavy atom. The Labute approximate surface area is 108 Å². The van der Waals surface area contributed by atoms with Crippen molar-refractivity contribution in [3.8, 4) is 0 Å². The van der Waals surface area contributed by atoms with Crippen molar-refractivity contribution in [3.05, 3.63) is 12.2 Å². The minimum absolute atomic E-state index is 0.0136. The lowest BCUT2D eigenvalue weighted by molar-refractivity contribution is -0.127. The molecule has 2 heterocycles.